The molecule has 0 unspecified atom stereocenters. The molecule has 0 aliphatic carbocycles. The minimum absolute atomic E-state index is 0.0479. The fourth-order valence-electron chi connectivity index (χ4n) is 2.69. The summed E-state index contributed by atoms with van der Waals surface area (Å²) < 4.78 is 1.65. The third-order valence-electron chi connectivity index (χ3n) is 3.98. The SMILES string of the molecule is CC(=O)c1cccc(NC(=O)CSc2nnnn2-c2c(C)cccc2C)c1. The zero-order valence-electron chi connectivity index (χ0n) is 15.3. The standard InChI is InChI=1S/C19H19N5O2S/c1-12-6-4-7-13(2)18(12)24-19(21-22-23-24)27-11-17(26)20-16-9-5-8-15(10-16)14(3)25/h4-10H,11H2,1-3H3,(H,20,26). The number of nitrogens with zero attached hydrogens (tertiary/aromatic N) is 4. The molecule has 0 bridgehead atoms. The predicted molar refractivity (Wildman–Crippen MR) is 104 cm³/mol. The van der Waals surface area contributed by atoms with Gasteiger partial charge < -0.3 is 5.32 Å². The number of carbonyl (C=O) groups excluding carboxylic acids is 2. The molecular weight excluding hydrogens is 362 g/mol. The van der Waals surface area contributed by atoms with Crippen molar-refractivity contribution < 1.29 is 9.59 Å². The van der Waals surface area contributed by atoms with Gasteiger partial charge in [0.15, 0.2) is 5.78 Å². The van der Waals surface area contributed by atoms with E-state index in [0.717, 1.165) is 16.8 Å². The Morgan fingerprint density at radius 2 is 1.81 bits per heavy atom. The number of para-hydroxylation sites is 1. The van der Waals surface area contributed by atoms with Crippen LogP contribution in [-0.2, 0) is 4.79 Å². The zero-order valence-corrected chi connectivity index (χ0v) is 16.1. The van der Waals surface area contributed by atoms with Gasteiger partial charge in [-0.1, -0.05) is 42.1 Å². The number of hydrogen-bond donors (Lipinski definition) is 1. The number of nitrogens with one attached hydrogen (secondary N) is 1. The molecule has 3 rings (SSSR count). The van der Waals surface area contributed by atoms with Crippen LogP contribution in [0, 0.1) is 13.8 Å². The molecule has 0 atom stereocenters. The van der Waals surface area contributed by atoms with Crippen molar-refractivity contribution in [1.82, 2.24) is 20.2 Å². The van der Waals surface area contributed by atoms with Gasteiger partial charge in [-0.15, -0.1) is 5.10 Å². The average molecular weight is 381 g/mol. The number of carbonyl (C=O) groups is 2. The predicted octanol–water partition coefficient (Wildman–Crippen LogP) is 3.21. The van der Waals surface area contributed by atoms with Crippen molar-refractivity contribution in [2.24, 2.45) is 0 Å². The fourth-order valence-corrected chi connectivity index (χ4v) is 3.37. The molecule has 0 fully saturated rings. The van der Waals surface area contributed by atoms with Crippen LogP contribution in [0.15, 0.2) is 47.6 Å². The summed E-state index contributed by atoms with van der Waals surface area (Å²) in [7, 11) is 0. The van der Waals surface area contributed by atoms with Crippen molar-refractivity contribution in [3.8, 4) is 5.69 Å². The highest BCUT2D eigenvalue weighted by molar-refractivity contribution is 7.99. The highest BCUT2D eigenvalue weighted by Crippen LogP contribution is 2.23. The highest BCUT2D eigenvalue weighted by Gasteiger charge is 2.15. The first-order valence-corrected chi connectivity index (χ1v) is 9.33. The molecule has 0 aliphatic heterocycles. The normalized spacial score (nSPS) is 10.6. The van der Waals surface area contributed by atoms with E-state index in [9.17, 15) is 9.59 Å². The summed E-state index contributed by atoms with van der Waals surface area (Å²) in [6.07, 6.45) is 0. The maximum Gasteiger partial charge on any atom is 0.234 e. The molecule has 1 N–H and O–H groups in total. The minimum atomic E-state index is -0.197. The molecule has 7 nitrogen and oxygen atoms in total. The van der Waals surface area contributed by atoms with Crippen LogP contribution >= 0.6 is 11.8 Å². The van der Waals surface area contributed by atoms with E-state index in [4.69, 9.17) is 0 Å². The molecule has 1 amide bonds. The van der Waals surface area contributed by atoms with Crippen LogP contribution in [0.1, 0.15) is 28.4 Å². The molecule has 3 aromatic rings. The van der Waals surface area contributed by atoms with Crippen LogP contribution in [0.25, 0.3) is 5.69 Å². The summed E-state index contributed by atoms with van der Waals surface area (Å²) in [5.41, 5.74) is 4.16. The van der Waals surface area contributed by atoms with Crippen LogP contribution in [0.5, 0.6) is 0 Å². The highest BCUT2D eigenvalue weighted by atomic mass is 32.2. The molecule has 1 heterocycles. The van der Waals surface area contributed by atoms with Crippen molar-refractivity contribution in [2.75, 3.05) is 11.1 Å². The van der Waals surface area contributed by atoms with Crippen molar-refractivity contribution in [3.63, 3.8) is 0 Å². The first-order valence-electron chi connectivity index (χ1n) is 8.34. The molecule has 0 saturated carbocycles. The molecule has 8 heteroatoms. The lowest BCUT2D eigenvalue weighted by atomic mass is 10.1. The number of hydrogen-bond acceptors (Lipinski definition) is 6. The molecule has 0 radical (unpaired) electrons. The summed E-state index contributed by atoms with van der Waals surface area (Å²) in [6, 6.07) is 12.8. The fraction of sp³-hybridized carbons (Fsp3) is 0.211. The lowest BCUT2D eigenvalue weighted by Gasteiger charge is -2.10. The lowest BCUT2D eigenvalue weighted by Crippen LogP contribution is -2.15. The van der Waals surface area contributed by atoms with Crippen LogP contribution < -0.4 is 5.32 Å². The Morgan fingerprint density at radius 3 is 2.52 bits per heavy atom. The van der Waals surface area contributed by atoms with Gasteiger partial charge in [0.05, 0.1) is 11.4 Å². The molecule has 0 spiro atoms. The summed E-state index contributed by atoms with van der Waals surface area (Å²) in [6.45, 7) is 5.48. The van der Waals surface area contributed by atoms with Crippen molar-refractivity contribution >= 4 is 29.1 Å². The minimum Gasteiger partial charge on any atom is -0.325 e. The number of Topliss-reactive ketones (excluding diaryl/α,β-unsaturated/α-hetero) is 1. The quantitative estimate of drug-likeness (QED) is 0.521. The van der Waals surface area contributed by atoms with Gasteiger partial charge in [-0.2, -0.15) is 4.68 Å². The monoisotopic (exact) mass is 381 g/mol. The average Bonchev–Trinajstić information content (AvgIpc) is 3.08. The Balaban J connectivity index is 1.70. The number of aryl methyl sites for hydroxylation is 2. The van der Waals surface area contributed by atoms with E-state index in [1.54, 1.807) is 28.9 Å². The number of ketones is 1. The van der Waals surface area contributed by atoms with Gasteiger partial charge in [-0.25, -0.2) is 0 Å². The van der Waals surface area contributed by atoms with Gasteiger partial charge in [0.1, 0.15) is 0 Å². The van der Waals surface area contributed by atoms with Gasteiger partial charge in [-0.05, 0) is 54.5 Å². The summed E-state index contributed by atoms with van der Waals surface area (Å²) in [5.74, 6) is -0.0969. The van der Waals surface area contributed by atoms with Crippen LogP contribution in [-0.4, -0.2) is 37.7 Å². The Kier molecular flexibility index (Phi) is 5.66. The van der Waals surface area contributed by atoms with Crippen molar-refractivity contribution in [1.29, 1.82) is 0 Å². The number of aromatic nitrogens is 4. The topological polar surface area (TPSA) is 89.8 Å². The Bertz CT molecular complexity index is 979. The molecule has 138 valence electrons. The van der Waals surface area contributed by atoms with Gasteiger partial charge in [-0.3, -0.25) is 9.59 Å². The maximum absolute atomic E-state index is 12.3. The van der Waals surface area contributed by atoms with E-state index in [1.807, 2.05) is 32.0 Å². The summed E-state index contributed by atoms with van der Waals surface area (Å²) in [4.78, 5) is 23.7. The van der Waals surface area contributed by atoms with E-state index in [-0.39, 0.29) is 17.4 Å². The Labute approximate surface area is 161 Å². The maximum atomic E-state index is 12.3. The number of amides is 1. The number of thioether (sulfide) groups is 1. The van der Waals surface area contributed by atoms with E-state index >= 15 is 0 Å². The number of rotatable bonds is 6. The molecule has 0 saturated heterocycles. The van der Waals surface area contributed by atoms with Gasteiger partial charge >= 0.3 is 0 Å². The van der Waals surface area contributed by atoms with Crippen LogP contribution in [0.3, 0.4) is 0 Å². The molecule has 2 aromatic carbocycles. The number of benzene rings is 2. The second kappa shape index (κ2) is 8.13. The van der Waals surface area contributed by atoms with Crippen LogP contribution in [0.4, 0.5) is 5.69 Å². The molecule has 27 heavy (non-hydrogen) atoms. The third-order valence-corrected chi connectivity index (χ3v) is 4.90. The zero-order chi connectivity index (χ0) is 19.4. The molecule has 0 aliphatic rings. The second-order valence-corrected chi connectivity index (χ2v) is 7.03. The van der Waals surface area contributed by atoms with Gasteiger partial charge in [0, 0.05) is 11.3 Å². The first kappa shape index (κ1) is 18.8. The first-order chi connectivity index (χ1) is 13.0. The van der Waals surface area contributed by atoms with E-state index < -0.39 is 0 Å². The summed E-state index contributed by atoms with van der Waals surface area (Å²) in [5, 5.41) is 15.2. The van der Waals surface area contributed by atoms with E-state index in [1.165, 1.54) is 18.7 Å². The Morgan fingerprint density at radius 1 is 1.11 bits per heavy atom. The molecular formula is C19H19N5O2S. The largest absolute Gasteiger partial charge is 0.325 e. The smallest absolute Gasteiger partial charge is 0.234 e. The van der Waals surface area contributed by atoms with E-state index in [0.29, 0.717) is 16.4 Å². The Hall–Kier alpha value is -3.00. The number of tetrazole rings is 1. The molecule has 1 aromatic heterocycles. The van der Waals surface area contributed by atoms with Crippen molar-refractivity contribution in [2.45, 2.75) is 25.9 Å². The van der Waals surface area contributed by atoms with Gasteiger partial charge in [0.2, 0.25) is 11.1 Å². The van der Waals surface area contributed by atoms with Crippen LogP contribution in [0.2, 0.25) is 0 Å². The van der Waals surface area contributed by atoms with E-state index in [2.05, 4.69) is 20.8 Å². The van der Waals surface area contributed by atoms with Gasteiger partial charge in [0.25, 0.3) is 0 Å². The number of anilines is 1. The summed E-state index contributed by atoms with van der Waals surface area (Å²) >= 11 is 1.25. The van der Waals surface area contributed by atoms with Crippen molar-refractivity contribution in [3.05, 3.63) is 59.2 Å². The third kappa shape index (κ3) is 4.40. The lowest BCUT2D eigenvalue weighted by molar-refractivity contribution is -0.113. The second-order valence-electron chi connectivity index (χ2n) is 6.09.